The van der Waals surface area contributed by atoms with E-state index in [4.69, 9.17) is 40.5 Å². The zero-order valence-corrected chi connectivity index (χ0v) is 11.4. The molecule has 0 amide bonds. The number of hydrogen-bond donors (Lipinski definition) is 1. The molecule has 0 aromatic heterocycles. The van der Waals surface area contributed by atoms with Crippen LogP contribution in [0.4, 0.5) is 5.69 Å². The van der Waals surface area contributed by atoms with E-state index in [1.807, 2.05) is 0 Å². The van der Waals surface area contributed by atoms with Crippen molar-refractivity contribution >= 4 is 46.3 Å². The Labute approximate surface area is 119 Å². The monoisotopic (exact) mass is 299 g/mol. The van der Waals surface area contributed by atoms with Gasteiger partial charge in [-0.05, 0) is 36.4 Å². The highest BCUT2D eigenvalue weighted by Gasteiger charge is 2.14. The van der Waals surface area contributed by atoms with Crippen molar-refractivity contribution in [1.29, 1.82) is 0 Å². The van der Waals surface area contributed by atoms with E-state index in [9.17, 15) is 4.79 Å². The number of benzene rings is 2. The second-order valence-electron chi connectivity index (χ2n) is 3.70. The first kappa shape index (κ1) is 13.2. The van der Waals surface area contributed by atoms with Crippen LogP contribution in [0.5, 0.6) is 0 Å². The summed E-state index contributed by atoms with van der Waals surface area (Å²) in [6, 6.07) is 9.43. The van der Waals surface area contributed by atoms with Crippen molar-refractivity contribution in [3.8, 4) is 0 Å². The number of rotatable bonds is 2. The van der Waals surface area contributed by atoms with Crippen molar-refractivity contribution in [3.63, 3.8) is 0 Å². The minimum absolute atomic E-state index is 0.224. The number of carbonyl (C=O) groups is 1. The summed E-state index contributed by atoms with van der Waals surface area (Å²) in [7, 11) is 0. The van der Waals surface area contributed by atoms with Gasteiger partial charge in [0.25, 0.3) is 0 Å². The Hall–Kier alpha value is -1.22. The van der Waals surface area contributed by atoms with E-state index in [0.29, 0.717) is 31.9 Å². The Bertz CT molecular complexity index is 626. The van der Waals surface area contributed by atoms with Crippen LogP contribution in [0.2, 0.25) is 15.1 Å². The molecule has 0 unspecified atom stereocenters. The molecule has 0 aliphatic carbocycles. The minimum Gasteiger partial charge on any atom is -0.399 e. The summed E-state index contributed by atoms with van der Waals surface area (Å²) < 4.78 is 0. The molecule has 0 spiro atoms. The number of ketones is 1. The molecule has 2 rings (SSSR count). The quantitative estimate of drug-likeness (QED) is 0.657. The predicted octanol–water partition coefficient (Wildman–Crippen LogP) is 4.46. The van der Waals surface area contributed by atoms with Gasteiger partial charge in [0.05, 0.1) is 15.1 Å². The van der Waals surface area contributed by atoms with Crippen LogP contribution in [-0.2, 0) is 0 Å². The molecule has 0 fully saturated rings. The average molecular weight is 301 g/mol. The van der Waals surface area contributed by atoms with Gasteiger partial charge in [0.2, 0.25) is 0 Å². The molecule has 0 radical (unpaired) electrons. The fourth-order valence-corrected chi connectivity index (χ4v) is 2.08. The van der Waals surface area contributed by atoms with Crippen molar-refractivity contribution in [2.45, 2.75) is 0 Å². The van der Waals surface area contributed by atoms with Crippen LogP contribution in [0.1, 0.15) is 15.9 Å². The van der Waals surface area contributed by atoms with Crippen LogP contribution in [0.25, 0.3) is 0 Å². The predicted molar refractivity (Wildman–Crippen MR) is 75.8 cm³/mol. The second-order valence-corrected chi connectivity index (χ2v) is 4.92. The molecule has 2 aromatic carbocycles. The molecule has 0 aliphatic rings. The maximum atomic E-state index is 12.2. The summed E-state index contributed by atoms with van der Waals surface area (Å²) >= 11 is 17.7. The Kier molecular flexibility index (Phi) is 3.81. The smallest absolute Gasteiger partial charge is 0.194 e. The van der Waals surface area contributed by atoms with E-state index >= 15 is 0 Å². The molecule has 0 saturated carbocycles. The summed E-state index contributed by atoms with van der Waals surface area (Å²) in [4.78, 5) is 12.2. The lowest BCUT2D eigenvalue weighted by Crippen LogP contribution is -2.02. The van der Waals surface area contributed by atoms with Crippen molar-refractivity contribution in [3.05, 3.63) is 62.6 Å². The SMILES string of the molecule is Nc1ccc(C(=O)c2ccc(Cl)c(Cl)c2)c(Cl)c1. The van der Waals surface area contributed by atoms with E-state index in [0.717, 1.165) is 0 Å². The van der Waals surface area contributed by atoms with Crippen molar-refractivity contribution in [1.82, 2.24) is 0 Å². The van der Waals surface area contributed by atoms with Crippen LogP contribution in [0.15, 0.2) is 36.4 Å². The van der Waals surface area contributed by atoms with Gasteiger partial charge in [-0.1, -0.05) is 34.8 Å². The summed E-state index contributed by atoms with van der Waals surface area (Å²) in [5.41, 5.74) is 6.89. The molecule has 0 saturated heterocycles. The van der Waals surface area contributed by atoms with Gasteiger partial charge in [-0.2, -0.15) is 0 Å². The molecule has 2 aromatic rings. The van der Waals surface area contributed by atoms with Gasteiger partial charge in [0.1, 0.15) is 0 Å². The summed E-state index contributed by atoms with van der Waals surface area (Å²) in [6.07, 6.45) is 0. The first-order valence-corrected chi connectivity index (χ1v) is 6.17. The molecule has 92 valence electrons. The number of halogens is 3. The Morgan fingerprint density at radius 3 is 2.22 bits per heavy atom. The van der Waals surface area contributed by atoms with E-state index in [2.05, 4.69) is 0 Å². The van der Waals surface area contributed by atoms with Crippen molar-refractivity contribution in [2.24, 2.45) is 0 Å². The highest BCUT2D eigenvalue weighted by atomic mass is 35.5. The number of nitrogens with two attached hydrogens (primary N) is 1. The number of carbonyl (C=O) groups excluding carboxylic acids is 1. The molecule has 2 nitrogen and oxygen atoms in total. The molecular formula is C13H8Cl3NO. The maximum Gasteiger partial charge on any atom is 0.194 e. The maximum absolute atomic E-state index is 12.2. The molecule has 18 heavy (non-hydrogen) atoms. The van der Waals surface area contributed by atoms with Crippen molar-refractivity contribution in [2.75, 3.05) is 5.73 Å². The van der Waals surface area contributed by atoms with Gasteiger partial charge in [0, 0.05) is 16.8 Å². The topological polar surface area (TPSA) is 43.1 Å². The molecule has 2 N–H and O–H groups in total. The number of anilines is 1. The fourth-order valence-electron chi connectivity index (χ4n) is 1.51. The first-order valence-electron chi connectivity index (χ1n) is 5.04. The second kappa shape index (κ2) is 5.19. The lowest BCUT2D eigenvalue weighted by Gasteiger charge is -2.05. The Balaban J connectivity index is 2.44. The number of hydrogen-bond acceptors (Lipinski definition) is 2. The summed E-state index contributed by atoms with van der Waals surface area (Å²) in [6.45, 7) is 0. The normalized spacial score (nSPS) is 10.4. The average Bonchev–Trinajstić information content (AvgIpc) is 2.32. The van der Waals surface area contributed by atoms with E-state index in [-0.39, 0.29) is 5.78 Å². The molecule has 0 aliphatic heterocycles. The minimum atomic E-state index is -0.224. The molecule has 5 heteroatoms. The highest BCUT2D eigenvalue weighted by Crippen LogP contribution is 2.26. The van der Waals surface area contributed by atoms with Gasteiger partial charge in [-0.3, -0.25) is 4.79 Å². The Morgan fingerprint density at radius 2 is 1.61 bits per heavy atom. The van der Waals surface area contributed by atoms with Gasteiger partial charge in [-0.15, -0.1) is 0 Å². The van der Waals surface area contributed by atoms with Gasteiger partial charge >= 0.3 is 0 Å². The summed E-state index contributed by atoms with van der Waals surface area (Å²) in [5.74, 6) is -0.224. The van der Waals surface area contributed by atoms with Gasteiger partial charge < -0.3 is 5.73 Å². The Morgan fingerprint density at radius 1 is 0.889 bits per heavy atom. The van der Waals surface area contributed by atoms with Crippen LogP contribution >= 0.6 is 34.8 Å². The first-order chi connectivity index (χ1) is 8.49. The van der Waals surface area contributed by atoms with E-state index in [1.54, 1.807) is 24.3 Å². The van der Waals surface area contributed by atoms with Crippen LogP contribution in [0.3, 0.4) is 0 Å². The highest BCUT2D eigenvalue weighted by molar-refractivity contribution is 6.42. The number of nitrogen functional groups attached to an aromatic ring is 1. The largest absolute Gasteiger partial charge is 0.399 e. The van der Waals surface area contributed by atoms with Crippen LogP contribution in [-0.4, -0.2) is 5.78 Å². The molecular weight excluding hydrogens is 293 g/mol. The molecule has 0 bridgehead atoms. The third kappa shape index (κ3) is 2.61. The zero-order valence-electron chi connectivity index (χ0n) is 9.08. The van der Waals surface area contributed by atoms with E-state index < -0.39 is 0 Å². The third-order valence-corrected chi connectivity index (χ3v) is 3.47. The van der Waals surface area contributed by atoms with Crippen molar-refractivity contribution < 1.29 is 4.79 Å². The van der Waals surface area contributed by atoms with E-state index in [1.165, 1.54) is 12.1 Å². The molecule has 0 atom stereocenters. The summed E-state index contributed by atoms with van der Waals surface area (Å²) in [5, 5.41) is 1.04. The lowest BCUT2D eigenvalue weighted by atomic mass is 10.0. The fraction of sp³-hybridized carbons (Fsp3) is 0. The lowest BCUT2D eigenvalue weighted by molar-refractivity contribution is 0.103. The van der Waals surface area contributed by atoms with Crippen LogP contribution < -0.4 is 5.73 Å². The zero-order chi connectivity index (χ0) is 13.3. The third-order valence-electron chi connectivity index (χ3n) is 2.42. The molecule has 0 heterocycles. The van der Waals surface area contributed by atoms with Gasteiger partial charge in [-0.25, -0.2) is 0 Å². The standard InChI is InChI=1S/C13H8Cl3NO/c14-10-4-1-7(5-12(10)16)13(18)9-3-2-8(17)6-11(9)15/h1-6H,17H2. The van der Waals surface area contributed by atoms with Gasteiger partial charge in [0.15, 0.2) is 5.78 Å². The van der Waals surface area contributed by atoms with Crippen LogP contribution in [0, 0.1) is 0 Å².